The second-order valence-electron chi connectivity index (χ2n) is 6.30. The highest BCUT2D eigenvalue weighted by Crippen LogP contribution is 2.39. The van der Waals surface area contributed by atoms with Crippen molar-refractivity contribution in [1.29, 1.82) is 0 Å². The number of piperidine rings is 2. The summed E-state index contributed by atoms with van der Waals surface area (Å²) in [5.74, 6) is 0. The molecule has 2 fully saturated rings. The molecule has 2 aliphatic heterocycles. The number of likely N-dealkylation sites (tertiary alicyclic amines) is 1. The van der Waals surface area contributed by atoms with Gasteiger partial charge in [-0.15, -0.1) is 0 Å². The van der Waals surface area contributed by atoms with Crippen molar-refractivity contribution in [3.63, 3.8) is 0 Å². The van der Waals surface area contributed by atoms with Crippen molar-refractivity contribution in [1.82, 2.24) is 10.2 Å². The Morgan fingerprint density at radius 3 is 2.41 bits per heavy atom. The van der Waals surface area contributed by atoms with E-state index in [1.54, 1.807) is 18.2 Å². The van der Waals surface area contributed by atoms with Crippen LogP contribution in [0.3, 0.4) is 0 Å². The topological polar surface area (TPSA) is 44.4 Å². The van der Waals surface area contributed by atoms with E-state index < -0.39 is 0 Å². The zero-order valence-electron chi connectivity index (χ0n) is 12.5. The fourth-order valence-electron chi connectivity index (χ4n) is 3.42. The molecule has 3 rings (SSSR count). The first-order chi connectivity index (χ1) is 10.6. The number of nitrogens with one attached hydrogen (secondary N) is 2. The largest absolute Gasteiger partial charge is 0.324 e. The van der Waals surface area contributed by atoms with Crippen LogP contribution in [0.4, 0.5) is 10.5 Å². The van der Waals surface area contributed by atoms with Crippen molar-refractivity contribution < 1.29 is 4.79 Å². The molecule has 2 N–H and O–H groups in total. The molecule has 0 aliphatic carbocycles. The Bertz CT molecular complexity index is 548. The van der Waals surface area contributed by atoms with Gasteiger partial charge in [0.15, 0.2) is 0 Å². The Labute approximate surface area is 141 Å². The van der Waals surface area contributed by atoms with Crippen LogP contribution in [0.15, 0.2) is 18.2 Å². The van der Waals surface area contributed by atoms with Gasteiger partial charge < -0.3 is 15.5 Å². The smallest absolute Gasteiger partial charge is 0.321 e. The van der Waals surface area contributed by atoms with Gasteiger partial charge in [0.25, 0.3) is 0 Å². The number of benzene rings is 1. The second-order valence-corrected chi connectivity index (χ2v) is 7.11. The van der Waals surface area contributed by atoms with E-state index in [1.165, 1.54) is 12.8 Å². The Balaban J connectivity index is 1.56. The molecule has 2 aliphatic rings. The number of carbonyl (C=O) groups excluding carboxylic acids is 1. The maximum atomic E-state index is 12.4. The standard InChI is InChI=1S/C16H21Cl2N3O/c17-13-2-1-12(11-14(13)18)20-15(22)21-9-5-16(6-10-21)3-7-19-8-4-16/h1-2,11,19H,3-10H2,(H,20,22). The number of halogens is 2. The fourth-order valence-corrected chi connectivity index (χ4v) is 3.72. The van der Waals surface area contributed by atoms with Crippen LogP contribution in [0.25, 0.3) is 0 Å². The molecule has 1 aromatic carbocycles. The van der Waals surface area contributed by atoms with E-state index in [0.29, 0.717) is 21.1 Å². The number of carbonyl (C=O) groups is 1. The Hall–Kier alpha value is -0.970. The van der Waals surface area contributed by atoms with Gasteiger partial charge in [0.2, 0.25) is 0 Å². The molecule has 2 heterocycles. The summed E-state index contributed by atoms with van der Waals surface area (Å²) in [6.07, 6.45) is 4.66. The quantitative estimate of drug-likeness (QED) is 0.810. The van der Waals surface area contributed by atoms with E-state index >= 15 is 0 Å². The first-order valence-corrected chi connectivity index (χ1v) is 8.55. The SMILES string of the molecule is O=C(Nc1ccc(Cl)c(Cl)c1)N1CCC2(CCNCC2)CC1. The minimum atomic E-state index is -0.0535. The molecule has 2 amide bonds. The summed E-state index contributed by atoms with van der Waals surface area (Å²) in [6.45, 7) is 3.87. The van der Waals surface area contributed by atoms with Gasteiger partial charge in [-0.3, -0.25) is 0 Å². The van der Waals surface area contributed by atoms with Crippen LogP contribution in [0, 0.1) is 5.41 Å². The maximum Gasteiger partial charge on any atom is 0.321 e. The highest BCUT2D eigenvalue weighted by molar-refractivity contribution is 6.42. The number of urea groups is 1. The van der Waals surface area contributed by atoms with Gasteiger partial charge in [-0.1, -0.05) is 23.2 Å². The monoisotopic (exact) mass is 341 g/mol. The van der Waals surface area contributed by atoms with Crippen molar-refractivity contribution >= 4 is 34.9 Å². The van der Waals surface area contributed by atoms with Crippen LogP contribution in [-0.4, -0.2) is 37.1 Å². The number of anilines is 1. The molecule has 4 nitrogen and oxygen atoms in total. The van der Waals surface area contributed by atoms with Gasteiger partial charge in [-0.05, 0) is 62.4 Å². The van der Waals surface area contributed by atoms with Gasteiger partial charge in [0.05, 0.1) is 10.0 Å². The summed E-state index contributed by atoms with van der Waals surface area (Å²) in [5.41, 5.74) is 1.13. The average molecular weight is 342 g/mol. The lowest BCUT2D eigenvalue weighted by molar-refractivity contribution is 0.0915. The van der Waals surface area contributed by atoms with Crippen LogP contribution >= 0.6 is 23.2 Å². The lowest BCUT2D eigenvalue weighted by Crippen LogP contribution is -2.48. The normalized spacial score (nSPS) is 20.9. The molecular formula is C16H21Cl2N3O. The van der Waals surface area contributed by atoms with Gasteiger partial charge in [0, 0.05) is 18.8 Å². The van der Waals surface area contributed by atoms with Crippen LogP contribution < -0.4 is 10.6 Å². The minimum absolute atomic E-state index is 0.0535. The first kappa shape index (κ1) is 15.9. The Kier molecular flexibility index (Phi) is 4.81. The number of hydrogen-bond acceptors (Lipinski definition) is 2. The molecule has 6 heteroatoms. The molecule has 1 spiro atoms. The van der Waals surface area contributed by atoms with E-state index in [9.17, 15) is 4.79 Å². The third-order valence-electron chi connectivity index (χ3n) is 4.95. The van der Waals surface area contributed by atoms with E-state index in [4.69, 9.17) is 23.2 Å². The van der Waals surface area contributed by atoms with Crippen LogP contribution in [0.1, 0.15) is 25.7 Å². The molecule has 0 saturated carbocycles. The number of hydrogen-bond donors (Lipinski definition) is 2. The molecular weight excluding hydrogens is 321 g/mol. The van der Waals surface area contributed by atoms with Crippen molar-refractivity contribution in [3.05, 3.63) is 28.2 Å². The van der Waals surface area contributed by atoms with Crippen LogP contribution in [0.5, 0.6) is 0 Å². The van der Waals surface area contributed by atoms with Gasteiger partial charge in [-0.25, -0.2) is 4.79 Å². The van der Waals surface area contributed by atoms with Gasteiger partial charge in [-0.2, -0.15) is 0 Å². The molecule has 0 aromatic heterocycles. The number of rotatable bonds is 1. The number of nitrogens with zero attached hydrogens (tertiary/aromatic N) is 1. The molecule has 1 aromatic rings. The summed E-state index contributed by atoms with van der Waals surface area (Å²) in [7, 11) is 0. The minimum Gasteiger partial charge on any atom is -0.324 e. The zero-order valence-corrected chi connectivity index (χ0v) is 14.0. The maximum absolute atomic E-state index is 12.4. The highest BCUT2D eigenvalue weighted by atomic mass is 35.5. The molecule has 2 saturated heterocycles. The lowest BCUT2D eigenvalue weighted by Gasteiger charge is -2.44. The average Bonchev–Trinajstić information content (AvgIpc) is 2.52. The first-order valence-electron chi connectivity index (χ1n) is 7.80. The summed E-state index contributed by atoms with van der Waals surface area (Å²) in [4.78, 5) is 14.3. The van der Waals surface area contributed by atoms with Crippen molar-refractivity contribution in [2.45, 2.75) is 25.7 Å². The van der Waals surface area contributed by atoms with Crippen molar-refractivity contribution in [2.24, 2.45) is 5.41 Å². The summed E-state index contributed by atoms with van der Waals surface area (Å²) < 4.78 is 0. The second kappa shape index (κ2) is 6.65. The molecule has 120 valence electrons. The molecule has 0 bridgehead atoms. The third kappa shape index (κ3) is 3.50. The highest BCUT2D eigenvalue weighted by Gasteiger charge is 2.36. The summed E-state index contributed by atoms with van der Waals surface area (Å²) in [6, 6.07) is 5.09. The Morgan fingerprint density at radius 2 is 1.77 bits per heavy atom. The van der Waals surface area contributed by atoms with E-state index in [2.05, 4.69) is 10.6 Å². The number of amides is 2. The molecule has 22 heavy (non-hydrogen) atoms. The Morgan fingerprint density at radius 1 is 1.09 bits per heavy atom. The molecule has 0 atom stereocenters. The predicted molar refractivity (Wildman–Crippen MR) is 90.8 cm³/mol. The fraction of sp³-hybridized carbons (Fsp3) is 0.562. The summed E-state index contributed by atoms with van der Waals surface area (Å²) in [5, 5.41) is 7.26. The summed E-state index contributed by atoms with van der Waals surface area (Å²) >= 11 is 11.9. The van der Waals surface area contributed by atoms with Crippen molar-refractivity contribution in [3.8, 4) is 0 Å². The van der Waals surface area contributed by atoms with Gasteiger partial charge in [0.1, 0.15) is 0 Å². The van der Waals surface area contributed by atoms with E-state index in [-0.39, 0.29) is 6.03 Å². The van der Waals surface area contributed by atoms with Crippen LogP contribution in [-0.2, 0) is 0 Å². The molecule has 0 radical (unpaired) electrons. The van der Waals surface area contributed by atoms with Crippen LogP contribution in [0.2, 0.25) is 10.0 Å². The lowest BCUT2D eigenvalue weighted by atomic mass is 9.72. The van der Waals surface area contributed by atoms with E-state index in [1.807, 2.05) is 4.90 Å². The zero-order chi connectivity index (χ0) is 15.6. The van der Waals surface area contributed by atoms with E-state index in [0.717, 1.165) is 39.0 Å². The van der Waals surface area contributed by atoms with Gasteiger partial charge >= 0.3 is 6.03 Å². The molecule has 0 unspecified atom stereocenters. The predicted octanol–water partition coefficient (Wildman–Crippen LogP) is 3.99. The third-order valence-corrected chi connectivity index (χ3v) is 5.69. The van der Waals surface area contributed by atoms with Crippen molar-refractivity contribution in [2.75, 3.05) is 31.5 Å².